The molecule has 0 fully saturated rings. The second-order valence-corrected chi connectivity index (χ2v) is 1.87. The summed E-state index contributed by atoms with van der Waals surface area (Å²) in [6.45, 7) is 0.281. The lowest BCUT2D eigenvalue weighted by molar-refractivity contribution is 0.564. The molecule has 7 heavy (non-hydrogen) atoms. The first-order valence-electron chi connectivity index (χ1n) is 1.55. The molecule has 0 aliphatic rings. The molecular weight excluding hydrogens is 118 g/mol. The van der Waals surface area contributed by atoms with Crippen molar-refractivity contribution in [3.05, 3.63) is 0 Å². The normalized spacial score (nSPS) is 12.3. The average Bonchev–Trinajstić information content (AvgIpc) is 1.35. The fraction of sp³-hybridized carbons (Fsp3) is 1.00. The van der Waals surface area contributed by atoms with Crippen LogP contribution in [0.1, 0.15) is 0 Å². The van der Waals surface area contributed by atoms with E-state index in [4.69, 9.17) is 10.3 Å². The van der Waals surface area contributed by atoms with Crippen LogP contribution >= 0.6 is 0 Å². The first-order valence-corrected chi connectivity index (χ1v) is 2.82. The fourth-order valence-corrected chi connectivity index (χ4v) is 0.302. The lowest BCUT2D eigenvalue weighted by Gasteiger charge is -1.82. The fourth-order valence-electron chi connectivity index (χ4n) is 0.101. The second-order valence-electron chi connectivity index (χ2n) is 0.814. The monoisotopic (exact) mass is 127 g/mol. The quantitative estimate of drug-likeness (QED) is 0.435. The molecule has 0 saturated heterocycles. The van der Waals surface area contributed by atoms with Gasteiger partial charge in [0, 0.05) is 6.54 Å². The van der Waals surface area contributed by atoms with Crippen molar-refractivity contribution in [2.24, 2.45) is 5.73 Å². The van der Waals surface area contributed by atoms with E-state index in [-0.39, 0.29) is 17.8 Å². The van der Waals surface area contributed by atoms with Crippen LogP contribution < -0.4 is 5.73 Å². The zero-order chi connectivity index (χ0) is 4.99. The lowest BCUT2D eigenvalue weighted by atomic mass is 10.8. The van der Waals surface area contributed by atoms with Crippen LogP contribution in [0.2, 0.25) is 0 Å². The Morgan fingerprint density at radius 2 is 2.14 bits per heavy atom. The van der Waals surface area contributed by atoms with Crippen LogP contribution in [-0.2, 0) is 11.1 Å². The van der Waals surface area contributed by atoms with Crippen molar-refractivity contribution in [2.75, 3.05) is 12.3 Å². The van der Waals surface area contributed by atoms with Gasteiger partial charge in [0.1, 0.15) is 0 Å². The van der Waals surface area contributed by atoms with E-state index in [0.29, 0.717) is 0 Å². The molecule has 1 atom stereocenters. The molecule has 4 nitrogen and oxygen atoms in total. The maximum absolute atomic E-state index is 9.63. The molecule has 0 heterocycles. The molecule has 0 radical (unpaired) electrons. The first kappa shape index (κ1) is 10.1. The second kappa shape index (κ2) is 6.03. The van der Waals surface area contributed by atoms with Gasteiger partial charge in [-0.15, -0.1) is 0 Å². The summed E-state index contributed by atoms with van der Waals surface area (Å²) in [6.07, 6.45) is 0. The van der Waals surface area contributed by atoms with Crippen molar-refractivity contribution in [1.29, 1.82) is 0 Å². The maximum atomic E-state index is 9.63. The molecule has 5 heteroatoms. The molecule has 1 unspecified atom stereocenters. The van der Waals surface area contributed by atoms with Gasteiger partial charge >= 0.3 is 0 Å². The van der Waals surface area contributed by atoms with Crippen molar-refractivity contribution < 1.29 is 14.2 Å². The molecule has 0 amide bonds. The summed E-state index contributed by atoms with van der Waals surface area (Å²) in [7, 11) is 0. The molecule has 46 valence electrons. The van der Waals surface area contributed by atoms with Crippen LogP contribution in [0.5, 0.6) is 0 Å². The van der Waals surface area contributed by atoms with Gasteiger partial charge in [0.15, 0.2) is 11.1 Å². The minimum atomic E-state index is -1.69. The van der Waals surface area contributed by atoms with E-state index >= 15 is 0 Å². The molecule has 0 aromatic heterocycles. The van der Waals surface area contributed by atoms with E-state index in [0.717, 1.165) is 0 Å². The van der Waals surface area contributed by atoms with Crippen molar-refractivity contribution >= 4 is 11.1 Å². The molecule has 0 aliphatic heterocycles. The zero-order valence-corrected chi connectivity index (χ0v) is 4.57. The van der Waals surface area contributed by atoms with Gasteiger partial charge in [-0.05, 0) is 0 Å². The van der Waals surface area contributed by atoms with Crippen molar-refractivity contribution in [1.82, 2.24) is 0 Å². The van der Waals surface area contributed by atoms with Gasteiger partial charge in [0.05, 0.1) is 5.75 Å². The Hall–Kier alpha value is 0.0300. The third-order valence-electron chi connectivity index (χ3n) is 0.292. The Bertz CT molecular complexity index is 56.9. The molecule has 0 aromatic rings. The summed E-state index contributed by atoms with van der Waals surface area (Å²) in [5.41, 5.74) is 4.88. The van der Waals surface area contributed by atoms with E-state index in [9.17, 15) is 4.21 Å². The van der Waals surface area contributed by atoms with Crippen LogP contribution in [0.3, 0.4) is 0 Å². The highest BCUT2D eigenvalue weighted by Crippen LogP contribution is 1.64. The molecule has 0 saturated carbocycles. The van der Waals surface area contributed by atoms with E-state index in [1.165, 1.54) is 0 Å². The summed E-state index contributed by atoms with van der Waals surface area (Å²) in [4.78, 5) is 0. The van der Waals surface area contributed by atoms with Crippen molar-refractivity contribution in [3.63, 3.8) is 0 Å². The third kappa shape index (κ3) is 10.7. The SMILES string of the molecule is NCCS(=O)O.O. The van der Waals surface area contributed by atoms with E-state index in [1.54, 1.807) is 0 Å². The summed E-state index contributed by atoms with van der Waals surface area (Å²) in [5, 5.41) is 0. The minimum Gasteiger partial charge on any atom is -0.412 e. The van der Waals surface area contributed by atoms with Gasteiger partial charge in [-0.25, -0.2) is 4.21 Å². The van der Waals surface area contributed by atoms with E-state index in [1.807, 2.05) is 0 Å². The van der Waals surface area contributed by atoms with Gasteiger partial charge in [-0.3, -0.25) is 0 Å². The highest BCUT2D eigenvalue weighted by Gasteiger charge is 1.83. The number of nitrogens with two attached hydrogens (primary N) is 1. The van der Waals surface area contributed by atoms with E-state index < -0.39 is 11.1 Å². The van der Waals surface area contributed by atoms with Crippen LogP contribution in [-0.4, -0.2) is 26.5 Å². The van der Waals surface area contributed by atoms with E-state index in [2.05, 4.69) is 0 Å². The Morgan fingerprint density at radius 3 is 2.14 bits per heavy atom. The predicted octanol–water partition coefficient (Wildman–Crippen LogP) is -1.66. The van der Waals surface area contributed by atoms with Crippen LogP contribution in [0.25, 0.3) is 0 Å². The molecule has 0 bridgehead atoms. The summed E-state index contributed by atoms with van der Waals surface area (Å²) >= 11 is -1.69. The molecular formula is C2H9NO3S. The summed E-state index contributed by atoms with van der Waals surface area (Å²) in [5.74, 6) is 0.181. The van der Waals surface area contributed by atoms with Crippen LogP contribution in [0.4, 0.5) is 0 Å². The van der Waals surface area contributed by atoms with Crippen molar-refractivity contribution in [2.45, 2.75) is 0 Å². The number of hydrogen-bond acceptors (Lipinski definition) is 2. The average molecular weight is 127 g/mol. The van der Waals surface area contributed by atoms with Gasteiger partial charge in [-0.2, -0.15) is 0 Å². The van der Waals surface area contributed by atoms with Gasteiger partial charge in [0.25, 0.3) is 0 Å². The summed E-state index contributed by atoms with van der Waals surface area (Å²) < 4.78 is 17.6. The Labute approximate surface area is 44.3 Å². The standard InChI is InChI=1S/C2H7NO2S.H2O/c3-1-2-6(4)5;/h1-3H2,(H,4,5);1H2. The van der Waals surface area contributed by atoms with Crippen molar-refractivity contribution in [3.8, 4) is 0 Å². The highest BCUT2D eigenvalue weighted by molar-refractivity contribution is 7.79. The molecule has 0 aliphatic carbocycles. The third-order valence-corrected chi connectivity index (χ3v) is 0.877. The highest BCUT2D eigenvalue weighted by atomic mass is 32.2. The molecule has 0 rings (SSSR count). The largest absolute Gasteiger partial charge is 0.412 e. The molecule has 5 N–H and O–H groups in total. The van der Waals surface area contributed by atoms with Gasteiger partial charge in [-0.1, -0.05) is 0 Å². The minimum absolute atomic E-state index is 0. The van der Waals surface area contributed by atoms with Crippen LogP contribution in [0.15, 0.2) is 0 Å². The smallest absolute Gasteiger partial charge is 0.154 e. The molecule has 0 aromatic carbocycles. The van der Waals surface area contributed by atoms with Crippen LogP contribution in [0, 0.1) is 0 Å². The Kier molecular flexibility index (Phi) is 8.70. The number of hydrogen-bond donors (Lipinski definition) is 2. The topological polar surface area (TPSA) is 94.8 Å². The first-order chi connectivity index (χ1) is 2.77. The Balaban J connectivity index is 0. The lowest BCUT2D eigenvalue weighted by Crippen LogP contribution is -2.08. The van der Waals surface area contributed by atoms with Gasteiger partial charge in [0.2, 0.25) is 0 Å². The van der Waals surface area contributed by atoms with Gasteiger partial charge < -0.3 is 15.8 Å². The summed E-state index contributed by atoms with van der Waals surface area (Å²) in [6, 6.07) is 0. The number of rotatable bonds is 2. The predicted molar refractivity (Wildman–Crippen MR) is 28.3 cm³/mol. The maximum Gasteiger partial charge on any atom is 0.154 e. The Morgan fingerprint density at radius 1 is 1.71 bits per heavy atom. The molecule has 0 spiro atoms. The zero-order valence-electron chi connectivity index (χ0n) is 3.76.